The second-order valence-corrected chi connectivity index (χ2v) is 4.02. The molecule has 78 valence electrons. The highest BCUT2D eigenvalue weighted by Crippen LogP contribution is 2.32. The van der Waals surface area contributed by atoms with E-state index in [1.165, 1.54) is 6.07 Å². The smallest absolute Gasteiger partial charge is 0.195 e. The van der Waals surface area contributed by atoms with Crippen molar-refractivity contribution in [2.75, 3.05) is 0 Å². The molecule has 2 rings (SSSR count). The van der Waals surface area contributed by atoms with Gasteiger partial charge in [0, 0.05) is 5.56 Å². The average molecular weight is 227 g/mol. The van der Waals surface area contributed by atoms with E-state index in [1.54, 1.807) is 6.92 Å². The lowest BCUT2D eigenvalue weighted by atomic mass is 10.2. The molecule has 1 N–H and O–H groups in total. The summed E-state index contributed by atoms with van der Waals surface area (Å²) in [6.07, 6.45) is 0. The molecular weight excluding hydrogens is 220 g/mol. The van der Waals surface area contributed by atoms with Gasteiger partial charge in [-0.2, -0.15) is 0 Å². The summed E-state index contributed by atoms with van der Waals surface area (Å²) in [6, 6.07) is 3.53. The predicted octanol–water partition coefficient (Wildman–Crippen LogP) is 3.10. The van der Waals surface area contributed by atoms with Gasteiger partial charge < -0.3 is 5.11 Å². The van der Waals surface area contributed by atoms with E-state index in [0.717, 1.165) is 23.5 Å². The van der Waals surface area contributed by atoms with Crippen LogP contribution in [0.15, 0.2) is 18.2 Å². The van der Waals surface area contributed by atoms with E-state index in [4.69, 9.17) is 0 Å². The van der Waals surface area contributed by atoms with Crippen LogP contribution in [0.1, 0.15) is 5.69 Å². The minimum Gasteiger partial charge on any atom is -0.498 e. The first kappa shape index (κ1) is 10.0. The molecule has 0 aliphatic carbocycles. The topological polar surface area (TPSA) is 33.1 Å². The molecule has 2 nitrogen and oxygen atoms in total. The Morgan fingerprint density at radius 3 is 2.53 bits per heavy atom. The van der Waals surface area contributed by atoms with Crippen LogP contribution in [0.5, 0.6) is 5.06 Å². The molecule has 0 aliphatic rings. The van der Waals surface area contributed by atoms with Gasteiger partial charge in [0.05, 0.1) is 5.69 Å². The number of aromatic nitrogens is 1. The van der Waals surface area contributed by atoms with Crippen molar-refractivity contribution in [3.8, 4) is 15.6 Å². The van der Waals surface area contributed by atoms with Crippen molar-refractivity contribution in [3.05, 3.63) is 35.5 Å². The van der Waals surface area contributed by atoms with Crippen molar-refractivity contribution >= 4 is 11.3 Å². The first-order valence-electron chi connectivity index (χ1n) is 4.20. The van der Waals surface area contributed by atoms with Crippen molar-refractivity contribution in [2.24, 2.45) is 0 Å². The first-order valence-corrected chi connectivity index (χ1v) is 5.01. The summed E-state index contributed by atoms with van der Waals surface area (Å²) in [4.78, 5) is 4.03. The van der Waals surface area contributed by atoms with Gasteiger partial charge in [-0.1, -0.05) is 11.3 Å². The van der Waals surface area contributed by atoms with Crippen LogP contribution < -0.4 is 0 Å². The van der Waals surface area contributed by atoms with E-state index in [1.807, 2.05) is 0 Å². The van der Waals surface area contributed by atoms with E-state index >= 15 is 0 Å². The number of aryl methyl sites for hydroxylation is 1. The van der Waals surface area contributed by atoms with E-state index in [2.05, 4.69) is 4.98 Å². The fourth-order valence-corrected chi connectivity index (χ4v) is 1.94. The second-order valence-electron chi connectivity index (χ2n) is 3.04. The summed E-state index contributed by atoms with van der Waals surface area (Å²) in [5.41, 5.74) is 0.946. The van der Waals surface area contributed by atoms with Crippen LogP contribution in [0.2, 0.25) is 0 Å². The lowest BCUT2D eigenvalue weighted by Crippen LogP contribution is -1.84. The summed E-state index contributed by atoms with van der Waals surface area (Å²) < 4.78 is 25.6. The zero-order chi connectivity index (χ0) is 11.0. The minimum absolute atomic E-state index is 0.0923. The number of halogens is 2. The van der Waals surface area contributed by atoms with Crippen molar-refractivity contribution in [2.45, 2.75) is 6.92 Å². The maximum atomic E-state index is 12.9. The molecule has 0 unspecified atom stereocenters. The Bertz CT molecular complexity index is 491. The van der Waals surface area contributed by atoms with Gasteiger partial charge in [-0.3, -0.25) is 0 Å². The third-order valence-corrected chi connectivity index (χ3v) is 2.95. The Morgan fingerprint density at radius 2 is 2.00 bits per heavy atom. The third-order valence-electron chi connectivity index (χ3n) is 1.94. The Morgan fingerprint density at radius 1 is 1.27 bits per heavy atom. The third kappa shape index (κ3) is 1.83. The fraction of sp³-hybridized carbons (Fsp3) is 0.100. The molecule has 15 heavy (non-hydrogen) atoms. The van der Waals surface area contributed by atoms with Crippen LogP contribution >= 0.6 is 11.3 Å². The van der Waals surface area contributed by atoms with Gasteiger partial charge in [0.25, 0.3) is 0 Å². The van der Waals surface area contributed by atoms with E-state index in [9.17, 15) is 13.9 Å². The van der Waals surface area contributed by atoms with E-state index in [-0.39, 0.29) is 5.06 Å². The summed E-state index contributed by atoms with van der Waals surface area (Å²) in [6.45, 7) is 1.65. The molecule has 0 saturated heterocycles. The van der Waals surface area contributed by atoms with Gasteiger partial charge >= 0.3 is 0 Å². The molecule has 5 heteroatoms. The van der Waals surface area contributed by atoms with Crippen LogP contribution in [0, 0.1) is 18.6 Å². The van der Waals surface area contributed by atoms with Crippen LogP contribution in [-0.4, -0.2) is 10.1 Å². The molecule has 1 heterocycles. The van der Waals surface area contributed by atoms with Gasteiger partial charge in [0.15, 0.2) is 16.7 Å². The van der Waals surface area contributed by atoms with Gasteiger partial charge in [-0.25, -0.2) is 13.8 Å². The SMILES string of the molecule is Cc1nc(-c2ccc(F)c(F)c2)sc1O. The zero-order valence-corrected chi connectivity index (χ0v) is 8.61. The maximum absolute atomic E-state index is 12.9. The molecule has 2 aromatic rings. The van der Waals surface area contributed by atoms with Crippen molar-refractivity contribution in [1.82, 2.24) is 4.98 Å². The Balaban J connectivity index is 2.49. The number of rotatable bonds is 1. The highest BCUT2D eigenvalue weighted by atomic mass is 32.1. The largest absolute Gasteiger partial charge is 0.498 e. The molecule has 0 atom stereocenters. The van der Waals surface area contributed by atoms with Gasteiger partial charge in [-0.05, 0) is 25.1 Å². The predicted molar refractivity (Wildman–Crippen MR) is 53.9 cm³/mol. The molecule has 0 radical (unpaired) electrons. The van der Waals surface area contributed by atoms with Crippen molar-refractivity contribution in [3.63, 3.8) is 0 Å². The number of nitrogens with zero attached hydrogens (tertiary/aromatic N) is 1. The summed E-state index contributed by atoms with van der Waals surface area (Å²) in [5, 5.41) is 9.88. The number of benzene rings is 1. The molecule has 0 aliphatic heterocycles. The molecule has 1 aromatic heterocycles. The Kier molecular flexibility index (Phi) is 2.40. The highest BCUT2D eigenvalue weighted by Gasteiger charge is 2.10. The minimum atomic E-state index is -0.917. The second kappa shape index (κ2) is 3.58. The van der Waals surface area contributed by atoms with Crippen molar-refractivity contribution in [1.29, 1.82) is 0 Å². The number of hydrogen-bond acceptors (Lipinski definition) is 3. The Labute approximate surface area is 88.8 Å². The molecular formula is C10H7F2NOS. The molecule has 0 amide bonds. The summed E-state index contributed by atoms with van der Waals surface area (Å²) in [7, 11) is 0. The molecule has 0 bridgehead atoms. The van der Waals surface area contributed by atoms with Gasteiger partial charge in [0.1, 0.15) is 5.01 Å². The number of aromatic hydroxyl groups is 1. The zero-order valence-electron chi connectivity index (χ0n) is 7.79. The number of thiazole rings is 1. The van der Waals surface area contributed by atoms with Gasteiger partial charge in [-0.15, -0.1) is 0 Å². The maximum Gasteiger partial charge on any atom is 0.195 e. The molecule has 1 aromatic carbocycles. The molecule has 0 saturated carbocycles. The molecule has 0 fully saturated rings. The van der Waals surface area contributed by atoms with Gasteiger partial charge in [0.2, 0.25) is 0 Å². The standard InChI is InChI=1S/C10H7F2NOS/c1-5-10(14)15-9(13-5)6-2-3-7(11)8(12)4-6/h2-4,14H,1H3. The van der Waals surface area contributed by atoms with E-state index < -0.39 is 11.6 Å². The monoisotopic (exact) mass is 227 g/mol. The van der Waals surface area contributed by atoms with Crippen molar-refractivity contribution < 1.29 is 13.9 Å². The molecule has 0 spiro atoms. The fourth-order valence-electron chi connectivity index (χ4n) is 1.14. The highest BCUT2D eigenvalue weighted by molar-refractivity contribution is 7.16. The first-order chi connectivity index (χ1) is 7.08. The summed E-state index contributed by atoms with van der Waals surface area (Å²) >= 11 is 1.04. The summed E-state index contributed by atoms with van der Waals surface area (Å²) in [5.74, 6) is -1.81. The average Bonchev–Trinajstić information content (AvgIpc) is 2.52. The lowest BCUT2D eigenvalue weighted by molar-refractivity contribution is 0.485. The van der Waals surface area contributed by atoms with Crippen LogP contribution in [-0.2, 0) is 0 Å². The quantitative estimate of drug-likeness (QED) is 0.812. The van der Waals surface area contributed by atoms with E-state index in [0.29, 0.717) is 16.3 Å². The Hall–Kier alpha value is -1.49. The number of hydrogen-bond donors (Lipinski definition) is 1. The van der Waals surface area contributed by atoms with Crippen LogP contribution in [0.25, 0.3) is 10.6 Å². The normalized spacial score (nSPS) is 10.6. The lowest BCUT2D eigenvalue weighted by Gasteiger charge is -1.96. The van der Waals surface area contributed by atoms with Crippen LogP contribution in [0.3, 0.4) is 0 Å². The van der Waals surface area contributed by atoms with Crippen LogP contribution in [0.4, 0.5) is 8.78 Å².